The van der Waals surface area contributed by atoms with Crippen LogP contribution < -0.4 is 0 Å². The molecule has 0 spiro atoms. The zero-order valence-electron chi connectivity index (χ0n) is 12.2. The van der Waals surface area contributed by atoms with Gasteiger partial charge in [0.05, 0.1) is 12.0 Å². The Hall–Kier alpha value is -0.910. The quantitative estimate of drug-likeness (QED) is 0.784. The van der Waals surface area contributed by atoms with Crippen molar-refractivity contribution < 1.29 is 12.6 Å². The maximum absolute atomic E-state index is 11.8. The first-order valence-corrected chi connectivity index (χ1v) is 8.60. The van der Waals surface area contributed by atoms with Gasteiger partial charge in [-0.3, -0.25) is 4.18 Å². The second-order valence-electron chi connectivity index (χ2n) is 5.33. The molecule has 1 saturated heterocycles. The number of rotatable bonds is 5. The molecule has 2 rings (SSSR count). The lowest BCUT2D eigenvalue weighted by Gasteiger charge is -2.32. The highest BCUT2D eigenvalue weighted by Gasteiger charge is 2.22. The fourth-order valence-electron chi connectivity index (χ4n) is 2.87. The molecule has 1 aliphatic rings. The second-order valence-corrected chi connectivity index (χ2v) is 7.05. The molecule has 0 N–H and O–H groups in total. The van der Waals surface area contributed by atoms with Gasteiger partial charge in [0.2, 0.25) is 0 Å². The molecular weight excluding hydrogens is 274 g/mol. The van der Waals surface area contributed by atoms with Crippen molar-refractivity contribution in [1.29, 1.82) is 0 Å². The summed E-state index contributed by atoms with van der Waals surface area (Å²) in [6, 6.07) is 7.18. The highest BCUT2D eigenvalue weighted by Crippen LogP contribution is 2.28. The van der Waals surface area contributed by atoms with E-state index in [9.17, 15) is 8.42 Å². The van der Waals surface area contributed by atoms with E-state index in [4.69, 9.17) is 0 Å². The van der Waals surface area contributed by atoms with Crippen LogP contribution in [0.3, 0.4) is 0 Å². The van der Waals surface area contributed by atoms with Crippen LogP contribution in [-0.2, 0) is 14.3 Å². The molecule has 5 heteroatoms. The Kier molecular flexibility index (Phi) is 5.18. The molecule has 0 radical (unpaired) electrons. The van der Waals surface area contributed by atoms with Gasteiger partial charge in [0, 0.05) is 6.54 Å². The zero-order valence-corrected chi connectivity index (χ0v) is 13.0. The Morgan fingerprint density at radius 2 is 2.20 bits per heavy atom. The van der Waals surface area contributed by atoms with Crippen molar-refractivity contribution >= 4 is 10.1 Å². The van der Waals surface area contributed by atoms with Crippen molar-refractivity contribution in [2.45, 2.75) is 37.0 Å². The Bertz CT molecular complexity index is 540. The minimum atomic E-state index is -3.60. The first-order valence-electron chi connectivity index (χ1n) is 7.19. The van der Waals surface area contributed by atoms with Crippen LogP contribution in [-0.4, -0.2) is 40.1 Å². The zero-order chi connectivity index (χ0) is 14.6. The Balaban J connectivity index is 2.18. The Morgan fingerprint density at radius 1 is 1.40 bits per heavy atom. The molecule has 0 amide bonds. The number of hydrogen-bond donors (Lipinski definition) is 0. The van der Waals surface area contributed by atoms with E-state index in [-0.39, 0.29) is 4.90 Å². The summed E-state index contributed by atoms with van der Waals surface area (Å²) in [5.74, 6) is 0.419. The third-order valence-corrected chi connectivity index (χ3v) is 5.15. The van der Waals surface area contributed by atoms with Crippen LogP contribution >= 0.6 is 0 Å². The van der Waals surface area contributed by atoms with E-state index in [1.54, 1.807) is 18.2 Å². The molecule has 0 aromatic heterocycles. The van der Waals surface area contributed by atoms with Gasteiger partial charge in [-0.05, 0) is 56.0 Å². The van der Waals surface area contributed by atoms with Gasteiger partial charge in [-0.2, -0.15) is 8.42 Å². The monoisotopic (exact) mass is 297 g/mol. The average molecular weight is 297 g/mol. The summed E-state index contributed by atoms with van der Waals surface area (Å²) in [5.41, 5.74) is 1.10. The molecule has 4 nitrogen and oxygen atoms in total. The third-order valence-electron chi connectivity index (χ3n) is 3.88. The summed E-state index contributed by atoms with van der Waals surface area (Å²) >= 11 is 0. The lowest BCUT2D eigenvalue weighted by Crippen LogP contribution is -2.34. The van der Waals surface area contributed by atoms with Crippen molar-refractivity contribution in [2.24, 2.45) is 0 Å². The van der Waals surface area contributed by atoms with Gasteiger partial charge in [-0.25, -0.2) is 0 Å². The van der Waals surface area contributed by atoms with Gasteiger partial charge >= 0.3 is 0 Å². The van der Waals surface area contributed by atoms with Crippen LogP contribution in [0.2, 0.25) is 0 Å². The van der Waals surface area contributed by atoms with Crippen LogP contribution in [0.5, 0.6) is 0 Å². The standard InChI is InChI=1S/C15H23NO3S/c1-3-9-16-10-5-7-14(12-16)13-6-4-8-15(11-13)20(17,18)19-2/h4,6,8,11,14H,3,5,7,9-10,12H2,1-2H3. The summed E-state index contributed by atoms with van der Waals surface area (Å²) in [6.07, 6.45) is 3.45. The summed E-state index contributed by atoms with van der Waals surface area (Å²) in [6.45, 7) is 5.48. The van der Waals surface area contributed by atoms with Gasteiger partial charge in [0.15, 0.2) is 0 Å². The van der Waals surface area contributed by atoms with E-state index in [0.717, 1.165) is 38.0 Å². The van der Waals surface area contributed by atoms with E-state index in [2.05, 4.69) is 16.0 Å². The van der Waals surface area contributed by atoms with E-state index in [0.29, 0.717) is 5.92 Å². The lowest BCUT2D eigenvalue weighted by atomic mass is 9.90. The summed E-state index contributed by atoms with van der Waals surface area (Å²) < 4.78 is 28.1. The van der Waals surface area contributed by atoms with Crippen LogP contribution in [0.4, 0.5) is 0 Å². The second kappa shape index (κ2) is 6.70. The van der Waals surface area contributed by atoms with Crippen LogP contribution in [0, 0.1) is 0 Å². The number of hydrogen-bond acceptors (Lipinski definition) is 4. The number of likely N-dealkylation sites (tertiary alicyclic amines) is 1. The molecule has 112 valence electrons. The average Bonchev–Trinajstić information content (AvgIpc) is 2.48. The number of benzene rings is 1. The van der Waals surface area contributed by atoms with Gasteiger partial charge in [0.1, 0.15) is 0 Å². The highest BCUT2D eigenvalue weighted by atomic mass is 32.2. The minimum absolute atomic E-state index is 0.255. The summed E-state index contributed by atoms with van der Waals surface area (Å²) in [5, 5.41) is 0. The van der Waals surface area contributed by atoms with Gasteiger partial charge < -0.3 is 4.90 Å². The van der Waals surface area contributed by atoms with Crippen molar-refractivity contribution in [1.82, 2.24) is 4.90 Å². The maximum atomic E-state index is 11.8. The van der Waals surface area contributed by atoms with E-state index in [1.165, 1.54) is 13.5 Å². The van der Waals surface area contributed by atoms with E-state index in [1.807, 2.05) is 6.07 Å². The molecule has 0 saturated carbocycles. The minimum Gasteiger partial charge on any atom is -0.303 e. The molecule has 1 aromatic carbocycles. The largest absolute Gasteiger partial charge is 0.303 e. The fourth-order valence-corrected chi connectivity index (χ4v) is 3.59. The molecule has 0 aliphatic carbocycles. The molecule has 1 atom stereocenters. The fraction of sp³-hybridized carbons (Fsp3) is 0.600. The number of piperidine rings is 1. The highest BCUT2D eigenvalue weighted by molar-refractivity contribution is 7.86. The molecule has 0 bridgehead atoms. The smallest absolute Gasteiger partial charge is 0.296 e. The van der Waals surface area contributed by atoms with Crippen molar-refractivity contribution in [2.75, 3.05) is 26.7 Å². The normalized spacial score (nSPS) is 21.0. The van der Waals surface area contributed by atoms with Crippen LogP contribution in [0.1, 0.15) is 37.7 Å². The maximum Gasteiger partial charge on any atom is 0.296 e. The lowest BCUT2D eigenvalue weighted by molar-refractivity contribution is 0.208. The van der Waals surface area contributed by atoms with Gasteiger partial charge in [0.25, 0.3) is 10.1 Å². The van der Waals surface area contributed by atoms with Gasteiger partial charge in [-0.1, -0.05) is 19.1 Å². The summed E-state index contributed by atoms with van der Waals surface area (Å²) in [7, 11) is -2.40. The van der Waals surface area contributed by atoms with E-state index >= 15 is 0 Å². The topological polar surface area (TPSA) is 46.6 Å². The summed E-state index contributed by atoms with van der Waals surface area (Å²) in [4.78, 5) is 2.72. The van der Waals surface area contributed by atoms with Crippen LogP contribution in [0.15, 0.2) is 29.2 Å². The third kappa shape index (κ3) is 3.59. The molecule has 1 fully saturated rings. The predicted molar refractivity (Wildman–Crippen MR) is 79.3 cm³/mol. The molecule has 1 aliphatic heterocycles. The molecule has 1 heterocycles. The molecule has 1 unspecified atom stereocenters. The predicted octanol–water partition coefficient (Wildman–Crippen LogP) is 2.61. The molecular formula is C15H23NO3S. The van der Waals surface area contributed by atoms with Crippen molar-refractivity contribution in [3.05, 3.63) is 29.8 Å². The van der Waals surface area contributed by atoms with Crippen molar-refractivity contribution in [3.8, 4) is 0 Å². The first-order chi connectivity index (χ1) is 9.56. The SMILES string of the molecule is CCCN1CCCC(c2cccc(S(=O)(=O)OC)c2)C1. The number of nitrogens with zero attached hydrogens (tertiary/aromatic N) is 1. The molecule has 20 heavy (non-hydrogen) atoms. The van der Waals surface area contributed by atoms with Crippen LogP contribution in [0.25, 0.3) is 0 Å². The van der Waals surface area contributed by atoms with Crippen molar-refractivity contribution in [3.63, 3.8) is 0 Å². The first kappa shape index (κ1) is 15.5. The Morgan fingerprint density at radius 3 is 2.90 bits per heavy atom. The van der Waals surface area contributed by atoms with Gasteiger partial charge in [-0.15, -0.1) is 0 Å². The van der Waals surface area contributed by atoms with E-state index < -0.39 is 10.1 Å². The molecule has 1 aromatic rings. The Labute approximate surface area is 121 Å².